The van der Waals surface area contributed by atoms with Gasteiger partial charge >= 0.3 is 5.97 Å². The van der Waals surface area contributed by atoms with Crippen molar-refractivity contribution in [1.82, 2.24) is 4.98 Å². The SMILES string of the molecule is C=CC[C@@H](C(=O)C(C)(C)[C@H](CC(=O)O)O[Si](C)(C)C(C)(C)C)[C@@H](O[Si](C)(C)C(C)(C)C)[C@@H](C)CCC/C(C)=C/C[C@H](O[Si](C)(C)C(C)(C)C)/C(C)=C/c1csc(C)n1. The number of carboxylic acid groups (broad SMARTS) is 1. The quantitative estimate of drug-likeness (QED) is 0.0864. The third-order valence-corrected chi connectivity index (χ3v) is 27.9. The van der Waals surface area contributed by atoms with Gasteiger partial charge in [0.1, 0.15) is 5.78 Å². The number of thiazole rings is 1. The number of aromatic nitrogens is 1. The van der Waals surface area contributed by atoms with Crippen LogP contribution >= 0.6 is 11.3 Å². The van der Waals surface area contributed by atoms with Crippen LogP contribution in [0.1, 0.15) is 146 Å². The zero-order chi connectivity index (χ0) is 45.5. The fourth-order valence-corrected chi connectivity index (χ4v) is 11.2. The van der Waals surface area contributed by atoms with Gasteiger partial charge < -0.3 is 18.4 Å². The Labute approximate surface area is 363 Å². The number of carbonyl (C=O) groups excluding carboxylic acids is 1. The van der Waals surface area contributed by atoms with Crippen LogP contribution in [0.4, 0.5) is 0 Å². The van der Waals surface area contributed by atoms with E-state index in [9.17, 15) is 9.90 Å². The number of carboxylic acids is 1. The van der Waals surface area contributed by atoms with E-state index in [2.05, 4.69) is 146 Å². The van der Waals surface area contributed by atoms with Crippen LogP contribution in [0.5, 0.6) is 0 Å². The first-order valence-corrected chi connectivity index (χ1v) is 31.3. The Hall–Kier alpha value is -1.48. The first kappa shape index (κ1) is 54.5. The minimum absolute atomic E-state index is 0.00648. The predicted molar refractivity (Wildman–Crippen MR) is 257 cm³/mol. The Morgan fingerprint density at radius 2 is 1.34 bits per heavy atom. The molecular weight excluding hydrogens is 791 g/mol. The molecule has 0 saturated heterocycles. The van der Waals surface area contributed by atoms with Gasteiger partial charge in [0.05, 0.1) is 35.4 Å². The maximum absolute atomic E-state index is 15.1. The molecule has 1 N–H and O–H groups in total. The van der Waals surface area contributed by atoms with E-state index >= 15 is 4.79 Å². The molecule has 334 valence electrons. The topological polar surface area (TPSA) is 95.0 Å². The zero-order valence-electron chi connectivity index (χ0n) is 41.0. The number of Topliss-reactive ketones (excluding diaryl/α,β-unsaturated/α-hetero) is 1. The Kier molecular flexibility index (Phi) is 19.8. The van der Waals surface area contributed by atoms with Crippen molar-refractivity contribution in [2.45, 2.75) is 215 Å². The predicted octanol–water partition coefficient (Wildman–Crippen LogP) is 14.4. The Bertz CT molecular complexity index is 1570. The number of nitrogens with zero attached hydrogens (tertiary/aromatic N) is 1. The van der Waals surface area contributed by atoms with Gasteiger partial charge in [0.2, 0.25) is 0 Å². The molecular formula is C47H87NO6SSi3. The van der Waals surface area contributed by atoms with Crippen molar-refractivity contribution in [1.29, 1.82) is 0 Å². The molecule has 1 aromatic heterocycles. The second-order valence-corrected chi connectivity index (χ2v) is 37.6. The highest BCUT2D eigenvalue weighted by atomic mass is 32.1. The van der Waals surface area contributed by atoms with Crippen molar-refractivity contribution in [2.24, 2.45) is 17.3 Å². The Balaban J connectivity index is 3.50. The lowest BCUT2D eigenvalue weighted by Crippen LogP contribution is -2.55. The molecule has 11 heteroatoms. The van der Waals surface area contributed by atoms with E-state index in [0.29, 0.717) is 6.42 Å². The third-order valence-electron chi connectivity index (χ3n) is 13.7. The number of aryl methyl sites for hydroxylation is 1. The molecule has 0 aliphatic rings. The number of carbonyl (C=O) groups is 2. The minimum atomic E-state index is -2.42. The molecule has 0 spiro atoms. The van der Waals surface area contributed by atoms with Crippen molar-refractivity contribution in [3.05, 3.63) is 46.0 Å². The van der Waals surface area contributed by atoms with Crippen LogP contribution < -0.4 is 0 Å². The van der Waals surface area contributed by atoms with Gasteiger partial charge in [0.15, 0.2) is 25.0 Å². The minimum Gasteiger partial charge on any atom is -0.481 e. The smallest absolute Gasteiger partial charge is 0.305 e. The Morgan fingerprint density at radius 3 is 1.79 bits per heavy atom. The summed E-state index contributed by atoms with van der Waals surface area (Å²) in [5.41, 5.74) is 2.45. The van der Waals surface area contributed by atoms with Crippen LogP contribution in [0.15, 0.2) is 35.3 Å². The summed E-state index contributed by atoms with van der Waals surface area (Å²) in [5.74, 6) is -1.38. The van der Waals surface area contributed by atoms with E-state index in [1.165, 1.54) is 11.1 Å². The van der Waals surface area contributed by atoms with E-state index < -0.39 is 48.4 Å². The average Bonchev–Trinajstić information content (AvgIpc) is 3.45. The molecule has 0 aliphatic carbocycles. The number of aliphatic carboxylic acids is 1. The van der Waals surface area contributed by atoms with Crippen molar-refractivity contribution in [2.75, 3.05) is 0 Å². The fourth-order valence-electron chi connectivity index (χ4n) is 6.36. The summed E-state index contributed by atoms with van der Waals surface area (Å²) >= 11 is 1.67. The summed E-state index contributed by atoms with van der Waals surface area (Å²) in [6.45, 7) is 49.9. The highest BCUT2D eigenvalue weighted by Crippen LogP contribution is 2.45. The van der Waals surface area contributed by atoms with Crippen LogP contribution in [0.25, 0.3) is 6.08 Å². The number of hydrogen-bond donors (Lipinski definition) is 1. The summed E-state index contributed by atoms with van der Waals surface area (Å²) in [6, 6.07) is 0. The van der Waals surface area contributed by atoms with E-state index in [1.54, 1.807) is 11.3 Å². The second kappa shape index (κ2) is 21.1. The summed E-state index contributed by atoms with van der Waals surface area (Å²) in [5, 5.41) is 13.1. The molecule has 0 radical (unpaired) electrons. The van der Waals surface area contributed by atoms with Crippen LogP contribution in [0, 0.1) is 24.2 Å². The van der Waals surface area contributed by atoms with Crippen molar-refractivity contribution < 1.29 is 28.0 Å². The molecule has 7 nitrogen and oxygen atoms in total. The van der Waals surface area contributed by atoms with Crippen LogP contribution in [0.3, 0.4) is 0 Å². The van der Waals surface area contributed by atoms with Gasteiger partial charge in [0.25, 0.3) is 0 Å². The van der Waals surface area contributed by atoms with E-state index in [0.717, 1.165) is 36.4 Å². The Morgan fingerprint density at radius 1 is 0.845 bits per heavy atom. The fraction of sp³-hybridized carbons (Fsp3) is 0.766. The zero-order valence-corrected chi connectivity index (χ0v) is 44.8. The van der Waals surface area contributed by atoms with Gasteiger partial charge in [-0.1, -0.05) is 101 Å². The second-order valence-electron chi connectivity index (χ2n) is 22.2. The maximum atomic E-state index is 15.1. The molecule has 0 fully saturated rings. The lowest BCUT2D eigenvalue weighted by atomic mass is 9.71. The molecule has 1 rings (SSSR count). The molecule has 0 aromatic carbocycles. The third kappa shape index (κ3) is 15.8. The summed E-state index contributed by atoms with van der Waals surface area (Å²) in [6.07, 6.45) is 9.01. The number of hydrogen-bond acceptors (Lipinski definition) is 7. The molecule has 58 heavy (non-hydrogen) atoms. The molecule has 1 heterocycles. The van der Waals surface area contributed by atoms with Gasteiger partial charge in [-0.3, -0.25) is 9.59 Å². The molecule has 5 atom stereocenters. The van der Waals surface area contributed by atoms with Crippen molar-refractivity contribution >= 4 is 54.1 Å². The summed E-state index contributed by atoms with van der Waals surface area (Å²) in [7, 11) is -6.80. The van der Waals surface area contributed by atoms with Crippen LogP contribution in [0.2, 0.25) is 54.4 Å². The molecule has 1 aromatic rings. The number of ketones is 1. The van der Waals surface area contributed by atoms with Crippen molar-refractivity contribution in [3.63, 3.8) is 0 Å². The molecule has 0 saturated carbocycles. The molecule has 0 bridgehead atoms. The van der Waals surface area contributed by atoms with Gasteiger partial charge in [-0.15, -0.1) is 17.9 Å². The van der Waals surface area contributed by atoms with Crippen LogP contribution in [-0.4, -0.2) is 65.1 Å². The average molecular weight is 879 g/mol. The largest absolute Gasteiger partial charge is 0.481 e. The lowest BCUT2D eigenvalue weighted by molar-refractivity contribution is -0.146. The maximum Gasteiger partial charge on any atom is 0.305 e. The first-order chi connectivity index (χ1) is 26.0. The standard InChI is InChI=1S/C47H87NO6SSi3/c1-23-25-38(43(51)47(15,16)40(31-41(49)50)53-57(19,20)45(9,10)11)42(54-58(21,22)46(12,13)14)34(3)27-24-26-33(2)28-29-39(52-56(17,18)44(6,7)8)35(4)30-37-32-55-36(5)48-37/h23,28,30,32,34,38-40,42H,1,24-27,29,31H2,2-22H3,(H,49,50)/b33-28+,35-30+/t34-,38+,39-,40-,42-/m0/s1. The van der Waals surface area contributed by atoms with Gasteiger partial charge in [0, 0.05) is 16.7 Å². The summed E-state index contributed by atoms with van der Waals surface area (Å²) < 4.78 is 21.1. The first-order valence-electron chi connectivity index (χ1n) is 21.7. The highest BCUT2D eigenvalue weighted by molar-refractivity contribution is 7.09. The van der Waals surface area contributed by atoms with E-state index in [4.69, 9.17) is 18.3 Å². The van der Waals surface area contributed by atoms with Gasteiger partial charge in [-0.2, -0.15) is 0 Å². The van der Waals surface area contributed by atoms with Gasteiger partial charge in [-0.25, -0.2) is 4.98 Å². The van der Waals surface area contributed by atoms with E-state index in [1.807, 2.05) is 26.8 Å². The number of rotatable bonds is 23. The molecule has 0 unspecified atom stereocenters. The lowest BCUT2D eigenvalue weighted by Gasteiger charge is -2.47. The highest BCUT2D eigenvalue weighted by Gasteiger charge is 2.50. The number of allylic oxidation sites excluding steroid dienone is 2. The molecule has 0 amide bonds. The van der Waals surface area contributed by atoms with Crippen molar-refractivity contribution in [3.8, 4) is 0 Å². The monoisotopic (exact) mass is 878 g/mol. The molecule has 0 aliphatic heterocycles. The van der Waals surface area contributed by atoms with Crippen LogP contribution in [-0.2, 0) is 22.9 Å². The van der Waals surface area contributed by atoms with Gasteiger partial charge in [-0.05, 0) is 125 Å². The van der Waals surface area contributed by atoms with E-state index in [-0.39, 0.29) is 45.4 Å². The normalized spacial score (nSPS) is 17.1. The summed E-state index contributed by atoms with van der Waals surface area (Å²) in [4.78, 5) is 32.0.